The van der Waals surface area contributed by atoms with Gasteiger partial charge in [-0.2, -0.15) is 0 Å². The summed E-state index contributed by atoms with van der Waals surface area (Å²) < 4.78 is 49.8. The zero-order chi connectivity index (χ0) is 38.1. The molecule has 0 amide bonds. The van der Waals surface area contributed by atoms with E-state index in [1.54, 1.807) is 21.3 Å². The monoisotopic (exact) mass is 745 g/mol. The highest BCUT2D eigenvalue weighted by Crippen LogP contribution is 2.56. The second-order valence-electron chi connectivity index (χ2n) is 17.0. The van der Waals surface area contributed by atoms with Gasteiger partial charge in [-0.15, -0.1) is 0 Å². The van der Waals surface area contributed by atoms with Crippen molar-refractivity contribution >= 4 is 11.8 Å². The number of carbonyl (C=O) groups is 2. The standard InChI is InChI=1S/C42H67NO10/c1-11-26-13-12-14-35(53-37-16-15-34(43(6)7)24(4)49-37)23(3)38(45)33-20-31-29(32(33)21-36(44)51-26)17-22(2)28-18-27(19-30(28)31)52-42-41(48-10)40(47-9)39(46-8)25(5)50-42/h17,20,23-32,34-35,37,39-42H,11-16,18-19,21H2,1-10H3/t23-,24-,25+,26+,27-,28+,29-,30-,31-,32+,34+,35?,37+,39+,40-,41-,42?/m1/s1. The van der Waals surface area contributed by atoms with E-state index in [-0.39, 0.29) is 96.8 Å². The first kappa shape index (κ1) is 40.9. The Labute approximate surface area is 317 Å². The fourth-order valence-electron chi connectivity index (χ4n) is 10.8. The maximum Gasteiger partial charge on any atom is 0.306 e. The maximum absolute atomic E-state index is 14.7. The lowest BCUT2D eigenvalue weighted by Gasteiger charge is -2.44. The summed E-state index contributed by atoms with van der Waals surface area (Å²) in [6.07, 6.45) is 8.58. The van der Waals surface area contributed by atoms with Gasteiger partial charge in [-0.1, -0.05) is 31.6 Å². The van der Waals surface area contributed by atoms with E-state index in [1.807, 2.05) is 13.8 Å². The smallest absolute Gasteiger partial charge is 0.306 e. The predicted octanol–water partition coefficient (Wildman–Crippen LogP) is 5.88. The van der Waals surface area contributed by atoms with Crippen molar-refractivity contribution in [3.8, 4) is 0 Å². The predicted molar refractivity (Wildman–Crippen MR) is 199 cm³/mol. The molecule has 0 aromatic carbocycles. The van der Waals surface area contributed by atoms with Crippen LogP contribution in [0.1, 0.15) is 92.4 Å². The number of fused-ring (bicyclic) bond motifs is 5. The van der Waals surface area contributed by atoms with Crippen molar-refractivity contribution in [1.29, 1.82) is 0 Å². The van der Waals surface area contributed by atoms with E-state index < -0.39 is 12.4 Å². The normalized spacial score (nSPS) is 45.3. The van der Waals surface area contributed by atoms with Gasteiger partial charge in [0.1, 0.15) is 24.4 Å². The first-order chi connectivity index (χ1) is 25.4. The number of rotatable bonds is 9. The van der Waals surface area contributed by atoms with E-state index >= 15 is 0 Å². The molecule has 11 heteroatoms. The second kappa shape index (κ2) is 17.6. The lowest BCUT2D eigenvalue weighted by molar-refractivity contribution is -0.314. The van der Waals surface area contributed by atoms with Gasteiger partial charge in [0.05, 0.1) is 30.8 Å². The fourth-order valence-corrected chi connectivity index (χ4v) is 10.8. The molecule has 2 unspecified atom stereocenters. The number of Topliss-reactive ketones (excluding diaryl/α,β-unsaturated/α-hetero) is 1. The Hall–Kier alpha value is -1.70. The summed E-state index contributed by atoms with van der Waals surface area (Å²) in [5, 5.41) is 0. The summed E-state index contributed by atoms with van der Waals surface area (Å²) in [4.78, 5) is 30.5. The molecule has 17 atom stereocenters. The summed E-state index contributed by atoms with van der Waals surface area (Å²) in [6.45, 7) is 10.4. The average molecular weight is 746 g/mol. The van der Waals surface area contributed by atoms with Crippen molar-refractivity contribution in [2.24, 2.45) is 35.5 Å². The highest BCUT2D eigenvalue weighted by atomic mass is 16.7. The minimum Gasteiger partial charge on any atom is -0.462 e. The van der Waals surface area contributed by atoms with E-state index in [2.05, 4.69) is 51.9 Å². The quantitative estimate of drug-likeness (QED) is 0.209. The molecule has 6 aliphatic rings. The van der Waals surface area contributed by atoms with Crippen molar-refractivity contribution in [2.45, 2.75) is 160 Å². The lowest BCUT2D eigenvalue weighted by Crippen LogP contribution is -2.59. The molecule has 3 aliphatic heterocycles. The molecule has 3 heterocycles. The van der Waals surface area contributed by atoms with Crippen LogP contribution in [-0.4, -0.2) is 120 Å². The third-order valence-corrected chi connectivity index (χ3v) is 13.7. The molecular weight excluding hydrogens is 678 g/mol. The summed E-state index contributed by atoms with van der Waals surface area (Å²) in [5.41, 5.74) is 2.07. The molecule has 53 heavy (non-hydrogen) atoms. The third-order valence-electron chi connectivity index (χ3n) is 13.7. The van der Waals surface area contributed by atoms with Crippen LogP contribution in [0.5, 0.6) is 0 Å². The first-order valence-electron chi connectivity index (χ1n) is 20.4. The molecule has 11 nitrogen and oxygen atoms in total. The Morgan fingerprint density at radius 3 is 2.21 bits per heavy atom. The van der Waals surface area contributed by atoms with Gasteiger partial charge in [-0.05, 0) is 115 Å². The highest BCUT2D eigenvalue weighted by Gasteiger charge is 2.53. The number of hydrogen-bond donors (Lipinski definition) is 0. The van der Waals surface area contributed by atoms with Gasteiger partial charge in [-0.25, -0.2) is 0 Å². The first-order valence-corrected chi connectivity index (χ1v) is 20.4. The van der Waals surface area contributed by atoms with E-state index in [0.717, 1.165) is 50.5 Å². The van der Waals surface area contributed by atoms with Gasteiger partial charge in [-0.3, -0.25) is 9.59 Å². The molecule has 3 saturated heterocycles. The summed E-state index contributed by atoms with van der Waals surface area (Å²) in [6, 6.07) is 0.337. The van der Waals surface area contributed by atoms with E-state index in [1.165, 1.54) is 5.57 Å². The number of ketones is 1. The topological polar surface area (TPSA) is 111 Å². The molecule has 0 N–H and O–H groups in total. The molecule has 3 aliphatic carbocycles. The number of likely N-dealkylation sites (N-methyl/N-ethyl adjacent to an activating group) is 1. The van der Waals surface area contributed by atoms with Crippen LogP contribution in [-0.2, 0) is 47.5 Å². The molecule has 0 bridgehead atoms. The SMILES string of the molecule is CC[C@H]1CCCC(O[C@H]2CC[C@H](N(C)C)[C@@H](C)O2)[C@@H](C)C(=O)C2=C[C@@H]3[C@@H](C=C(C)[C@@H]4C[C@@H](OC5O[C@@H](C)[C@H](OC)[C@@H](OC)[C@H]5OC)C[C@@H]34)[C@@H]2CC(=O)O1. The molecule has 0 aromatic heterocycles. The van der Waals surface area contributed by atoms with Crippen molar-refractivity contribution in [3.05, 3.63) is 23.3 Å². The second-order valence-corrected chi connectivity index (χ2v) is 17.0. The van der Waals surface area contributed by atoms with E-state index in [9.17, 15) is 9.59 Å². The Bertz CT molecular complexity index is 1330. The number of methoxy groups -OCH3 is 3. The van der Waals surface area contributed by atoms with E-state index in [4.69, 9.17) is 37.9 Å². The molecule has 1 saturated carbocycles. The number of esters is 1. The van der Waals surface area contributed by atoms with Gasteiger partial charge in [0.2, 0.25) is 0 Å². The molecule has 0 radical (unpaired) electrons. The Kier molecular flexibility index (Phi) is 13.6. The van der Waals surface area contributed by atoms with Crippen molar-refractivity contribution in [3.63, 3.8) is 0 Å². The third kappa shape index (κ3) is 8.53. The maximum atomic E-state index is 14.7. The van der Waals surface area contributed by atoms with Crippen LogP contribution < -0.4 is 0 Å². The molecule has 0 aromatic rings. The van der Waals surface area contributed by atoms with Gasteiger partial charge in [0, 0.05) is 39.2 Å². The van der Waals surface area contributed by atoms with Crippen molar-refractivity contribution in [2.75, 3.05) is 35.4 Å². The minimum atomic E-state index is -0.598. The van der Waals surface area contributed by atoms with Gasteiger partial charge in [0.15, 0.2) is 18.4 Å². The zero-order valence-electron chi connectivity index (χ0n) is 33.9. The largest absolute Gasteiger partial charge is 0.462 e. The van der Waals surface area contributed by atoms with Crippen LogP contribution >= 0.6 is 0 Å². The number of hydrogen-bond acceptors (Lipinski definition) is 11. The molecule has 0 spiro atoms. The van der Waals surface area contributed by atoms with Crippen LogP contribution in [0.3, 0.4) is 0 Å². The molecule has 300 valence electrons. The molecule has 4 fully saturated rings. The van der Waals surface area contributed by atoms with Gasteiger partial charge < -0.3 is 42.8 Å². The number of ether oxygens (including phenoxy) is 8. The van der Waals surface area contributed by atoms with E-state index in [0.29, 0.717) is 18.4 Å². The summed E-state index contributed by atoms with van der Waals surface area (Å²) in [7, 11) is 9.16. The van der Waals surface area contributed by atoms with Crippen LogP contribution in [0.4, 0.5) is 0 Å². The average Bonchev–Trinajstić information content (AvgIpc) is 3.71. The lowest BCUT2D eigenvalue weighted by atomic mass is 9.67. The van der Waals surface area contributed by atoms with Gasteiger partial charge >= 0.3 is 5.97 Å². The van der Waals surface area contributed by atoms with Crippen LogP contribution in [0.2, 0.25) is 0 Å². The zero-order valence-corrected chi connectivity index (χ0v) is 33.9. The number of allylic oxidation sites excluding steroid dienone is 4. The number of carbonyl (C=O) groups excluding carboxylic acids is 2. The Morgan fingerprint density at radius 2 is 1.55 bits per heavy atom. The highest BCUT2D eigenvalue weighted by molar-refractivity contribution is 5.99. The van der Waals surface area contributed by atoms with Crippen LogP contribution in [0, 0.1) is 35.5 Å². The van der Waals surface area contributed by atoms with Crippen molar-refractivity contribution in [1.82, 2.24) is 4.90 Å². The van der Waals surface area contributed by atoms with Crippen LogP contribution in [0.15, 0.2) is 23.3 Å². The van der Waals surface area contributed by atoms with Gasteiger partial charge in [0.25, 0.3) is 0 Å². The Balaban J connectivity index is 1.23. The minimum absolute atomic E-state index is 0.0364. The van der Waals surface area contributed by atoms with Crippen molar-refractivity contribution < 1.29 is 47.5 Å². The summed E-state index contributed by atoms with van der Waals surface area (Å²) >= 11 is 0. The number of nitrogens with zero attached hydrogens (tertiary/aromatic N) is 1. The number of cyclic esters (lactones) is 1. The molecular formula is C42H67NO10. The molecule has 6 rings (SSSR count). The Morgan fingerprint density at radius 1 is 0.811 bits per heavy atom. The fraction of sp³-hybridized carbons (Fsp3) is 0.857. The summed E-state index contributed by atoms with van der Waals surface area (Å²) in [5.74, 6) is 0.00947. The van der Waals surface area contributed by atoms with Crippen LogP contribution in [0.25, 0.3) is 0 Å².